The predicted molar refractivity (Wildman–Crippen MR) is 83.1 cm³/mol. The maximum Gasteiger partial charge on any atom is 0.233 e. The molecule has 1 aromatic rings. The number of likely N-dealkylation sites (N-methyl/N-ethyl adjacent to an activating group) is 1. The van der Waals surface area contributed by atoms with Crippen molar-refractivity contribution in [2.75, 3.05) is 18.8 Å². The lowest BCUT2D eigenvalue weighted by Crippen LogP contribution is -2.33. The highest BCUT2D eigenvalue weighted by Gasteiger charge is 2.22. The van der Waals surface area contributed by atoms with Crippen LogP contribution in [0.1, 0.15) is 45.6 Å². The first kappa shape index (κ1) is 16.0. The summed E-state index contributed by atoms with van der Waals surface area (Å²) in [6, 6.07) is 0.398. The molecule has 0 aromatic carbocycles. The van der Waals surface area contributed by atoms with Crippen LogP contribution < -0.4 is 0 Å². The Balaban J connectivity index is 1.92. The molecular weight excluding hydrogens is 286 g/mol. The first-order valence-corrected chi connectivity index (χ1v) is 8.43. The van der Waals surface area contributed by atoms with E-state index in [0.717, 1.165) is 23.6 Å². The first-order chi connectivity index (χ1) is 10.1. The number of tetrazole rings is 1. The SMILES string of the molecule is C=C(C)CN(CC)C(=O)CSc1nnnn1C1CCCC1. The quantitative estimate of drug-likeness (QED) is 0.571. The summed E-state index contributed by atoms with van der Waals surface area (Å²) in [5.74, 6) is 0.472. The van der Waals surface area contributed by atoms with Gasteiger partial charge in [-0.25, -0.2) is 4.68 Å². The summed E-state index contributed by atoms with van der Waals surface area (Å²) in [7, 11) is 0. The molecule has 2 rings (SSSR count). The van der Waals surface area contributed by atoms with Crippen molar-refractivity contribution < 1.29 is 4.79 Å². The molecule has 116 valence electrons. The van der Waals surface area contributed by atoms with Gasteiger partial charge in [-0.15, -0.1) is 5.10 Å². The van der Waals surface area contributed by atoms with E-state index < -0.39 is 0 Å². The van der Waals surface area contributed by atoms with Gasteiger partial charge >= 0.3 is 0 Å². The molecule has 1 saturated carbocycles. The molecule has 1 amide bonds. The molecule has 1 fully saturated rings. The van der Waals surface area contributed by atoms with Crippen molar-refractivity contribution >= 4 is 17.7 Å². The summed E-state index contributed by atoms with van der Waals surface area (Å²) in [6.45, 7) is 9.09. The van der Waals surface area contributed by atoms with Crippen molar-refractivity contribution in [1.29, 1.82) is 0 Å². The second-order valence-electron chi connectivity index (χ2n) is 5.50. The van der Waals surface area contributed by atoms with Crippen LogP contribution in [0, 0.1) is 0 Å². The van der Waals surface area contributed by atoms with Gasteiger partial charge in [0.2, 0.25) is 11.1 Å². The number of hydrogen-bond acceptors (Lipinski definition) is 5. The van der Waals surface area contributed by atoms with Crippen LogP contribution in [-0.2, 0) is 4.79 Å². The van der Waals surface area contributed by atoms with E-state index in [1.54, 1.807) is 4.90 Å². The molecule has 0 unspecified atom stereocenters. The van der Waals surface area contributed by atoms with E-state index >= 15 is 0 Å². The molecule has 0 radical (unpaired) electrons. The number of nitrogens with zero attached hydrogens (tertiary/aromatic N) is 5. The normalized spacial score (nSPS) is 15.3. The van der Waals surface area contributed by atoms with Crippen molar-refractivity contribution in [3.63, 3.8) is 0 Å². The average Bonchev–Trinajstić information content (AvgIpc) is 3.11. The van der Waals surface area contributed by atoms with Crippen LogP contribution in [-0.4, -0.2) is 49.9 Å². The number of hydrogen-bond donors (Lipinski definition) is 0. The average molecular weight is 309 g/mol. The zero-order valence-corrected chi connectivity index (χ0v) is 13.6. The van der Waals surface area contributed by atoms with E-state index in [-0.39, 0.29) is 5.91 Å². The van der Waals surface area contributed by atoms with Gasteiger partial charge in [-0.1, -0.05) is 36.8 Å². The van der Waals surface area contributed by atoms with Crippen LogP contribution in [0.5, 0.6) is 0 Å². The van der Waals surface area contributed by atoms with Gasteiger partial charge in [-0.05, 0) is 37.1 Å². The summed E-state index contributed by atoms with van der Waals surface area (Å²) in [4.78, 5) is 14.0. The van der Waals surface area contributed by atoms with Gasteiger partial charge in [0.15, 0.2) is 0 Å². The van der Waals surface area contributed by atoms with Crippen molar-refractivity contribution in [1.82, 2.24) is 25.1 Å². The Morgan fingerprint density at radius 2 is 2.19 bits per heavy atom. The molecular formula is C14H23N5OS. The molecule has 0 N–H and O–H groups in total. The van der Waals surface area contributed by atoms with Crippen LogP contribution >= 0.6 is 11.8 Å². The van der Waals surface area contributed by atoms with Gasteiger partial charge < -0.3 is 4.90 Å². The monoisotopic (exact) mass is 309 g/mol. The van der Waals surface area contributed by atoms with Crippen LogP contribution in [0.3, 0.4) is 0 Å². The van der Waals surface area contributed by atoms with Gasteiger partial charge in [-0.2, -0.15) is 0 Å². The van der Waals surface area contributed by atoms with Crippen molar-refractivity contribution in [2.24, 2.45) is 0 Å². The second kappa shape index (κ2) is 7.59. The lowest BCUT2D eigenvalue weighted by molar-refractivity contribution is -0.127. The highest BCUT2D eigenvalue weighted by molar-refractivity contribution is 7.99. The highest BCUT2D eigenvalue weighted by Crippen LogP contribution is 2.31. The minimum absolute atomic E-state index is 0.103. The molecule has 1 heterocycles. The third-order valence-electron chi connectivity index (χ3n) is 3.65. The van der Waals surface area contributed by atoms with E-state index in [9.17, 15) is 4.79 Å². The maximum absolute atomic E-state index is 12.2. The van der Waals surface area contributed by atoms with Crippen molar-refractivity contribution in [2.45, 2.75) is 50.7 Å². The molecule has 0 aliphatic heterocycles. The fourth-order valence-corrected chi connectivity index (χ4v) is 3.43. The van der Waals surface area contributed by atoms with Crippen LogP contribution in [0.25, 0.3) is 0 Å². The molecule has 0 bridgehead atoms. The largest absolute Gasteiger partial charge is 0.338 e. The molecule has 1 aromatic heterocycles. The van der Waals surface area contributed by atoms with Gasteiger partial charge in [-0.3, -0.25) is 4.79 Å². The van der Waals surface area contributed by atoms with E-state index in [4.69, 9.17) is 0 Å². The van der Waals surface area contributed by atoms with Gasteiger partial charge in [0, 0.05) is 13.1 Å². The third-order valence-corrected chi connectivity index (χ3v) is 4.57. The van der Waals surface area contributed by atoms with Crippen LogP contribution in [0.4, 0.5) is 0 Å². The van der Waals surface area contributed by atoms with Crippen molar-refractivity contribution in [3.05, 3.63) is 12.2 Å². The Labute approximate surface area is 130 Å². The molecule has 1 aliphatic carbocycles. The Kier molecular flexibility index (Phi) is 5.78. The molecule has 7 heteroatoms. The Bertz CT molecular complexity index is 495. The van der Waals surface area contributed by atoms with E-state index in [1.165, 1.54) is 24.6 Å². The molecule has 0 spiro atoms. The Hall–Kier alpha value is -1.37. The lowest BCUT2D eigenvalue weighted by Gasteiger charge is -2.20. The van der Waals surface area contributed by atoms with Gasteiger partial charge in [0.25, 0.3) is 0 Å². The molecule has 6 nitrogen and oxygen atoms in total. The zero-order valence-electron chi connectivity index (χ0n) is 12.8. The molecule has 21 heavy (non-hydrogen) atoms. The van der Waals surface area contributed by atoms with E-state index in [0.29, 0.717) is 24.9 Å². The third kappa shape index (κ3) is 4.30. The highest BCUT2D eigenvalue weighted by atomic mass is 32.2. The number of rotatable bonds is 7. The van der Waals surface area contributed by atoms with Crippen molar-refractivity contribution in [3.8, 4) is 0 Å². The van der Waals surface area contributed by atoms with E-state index in [2.05, 4.69) is 22.1 Å². The van der Waals surface area contributed by atoms with Crippen LogP contribution in [0.2, 0.25) is 0 Å². The fourth-order valence-electron chi connectivity index (χ4n) is 2.58. The molecule has 0 atom stereocenters. The molecule has 1 aliphatic rings. The summed E-state index contributed by atoms with van der Waals surface area (Å²) in [6.07, 6.45) is 4.72. The summed E-state index contributed by atoms with van der Waals surface area (Å²) >= 11 is 1.43. The van der Waals surface area contributed by atoms with Gasteiger partial charge in [0.05, 0.1) is 11.8 Å². The summed E-state index contributed by atoms with van der Waals surface area (Å²) in [5, 5.41) is 12.7. The second-order valence-corrected chi connectivity index (χ2v) is 6.44. The number of aromatic nitrogens is 4. The summed E-state index contributed by atoms with van der Waals surface area (Å²) < 4.78 is 1.89. The van der Waals surface area contributed by atoms with Gasteiger partial charge in [0.1, 0.15) is 0 Å². The smallest absolute Gasteiger partial charge is 0.233 e. The van der Waals surface area contributed by atoms with Crippen LogP contribution in [0.15, 0.2) is 17.3 Å². The Morgan fingerprint density at radius 3 is 2.81 bits per heavy atom. The number of amides is 1. The number of thioether (sulfide) groups is 1. The topological polar surface area (TPSA) is 63.9 Å². The van der Waals surface area contributed by atoms with E-state index in [1.807, 2.05) is 18.5 Å². The maximum atomic E-state index is 12.2. The summed E-state index contributed by atoms with van der Waals surface area (Å²) in [5.41, 5.74) is 0.992. The number of carbonyl (C=O) groups is 1. The fraction of sp³-hybridized carbons (Fsp3) is 0.714. The minimum atomic E-state index is 0.103. The lowest BCUT2D eigenvalue weighted by atomic mass is 10.3. The first-order valence-electron chi connectivity index (χ1n) is 7.44. The predicted octanol–water partition coefficient (Wildman–Crippen LogP) is 2.30. The number of carbonyl (C=O) groups excluding carboxylic acids is 1. The minimum Gasteiger partial charge on any atom is -0.338 e. The molecule has 0 saturated heterocycles. The standard InChI is InChI=1S/C14H23N5OS/c1-4-18(9-11(2)3)13(20)10-21-14-15-16-17-19(14)12-7-5-6-8-12/h12H,2,4-10H2,1,3H3. The zero-order chi connectivity index (χ0) is 15.2. The Morgan fingerprint density at radius 1 is 1.48 bits per heavy atom.